The number of ether oxygens (including phenoxy) is 1. The predicted octanol–water partition coefficient (Wildman–Crippen LogP) is 5.54. The third-order valence-corrected chi connectivity index (χ3v) is 4.69. The fourth-order valence-electron chi connectivity index (χ4n) is 3.16. The van der Waals surface area contributed by atoms with Gasteiger partial charge in [0.25, 0.3) is 5.91 Å². The molecule has 4 heteroatoms. The molecule has 0 unspecified atom stereocenters. The molecule has 0 saturated heterocycles. The number of amides is 1. The molecule has 3 aromatic carbocycles. The van der Waals surface area contributed by atoms with Crippen molar-refractivity contribution in [1.82, 2.24) is 4.98 Å². The number of nitrogens with zero attached hydrogens (tertiary/aromatic N) is 1. The van der Waals surface area contributed by atoms with Crippen molar-refractivity contribution in [3.63, 3.8) is 0 Å². The van der Waals surface area contributed by atoms with Crippen LogP contribution in [0.2, 0.25) is 0 Å². The first kappa shape index (κ1) is 18.7. The van der Waals surface area contributed by atoms with Crippen LogP contribution < -0.4 is 10.1 Å². The molecule has 0 radical (unpaired) electrons. The van der Waals surface area contributed by atoms with Crippen molar-refractivity contribution in [2.45, 2.75) is 13.8 Å². The van der Waals surface area contributed by atoms with Crippen molar-refractivity contribution < 1.29 is 9.53 Å². The molecule has 0 aliphatic rings. The minimum absolute atomic E-state index is 0.0742. The van der Waals surface area contributed by atoms with Crippen LogP contribution in [0.25, 0.3) is 22.2 Å². The summed E-state index contributed by atoms with van der Waals surface area (Å²) in [6, 6.07) is 25.6. The standard InChI is InChI=1S/C25H22N2O2/c1-17-8-11-20(12-9-17)26-25(28)16-29-24-15-23(19-6-4-3-5-7-19)27-22-13-10-18(2)14-21(22)24/h3-15H,16H2,1-2H3,(H,26,28). The Balaban J connectivity index is 1.60. The fourth-order valence-corrected chi connectivity index (χ4v) is 3.16. The fraction of sp³-hybridized carbons (Fsp3) is 0.120. The molecule has 1 aromatic heterocycles. The number of aryl methyl sites for hydroxylation is 2. The minimum atomic E-state index is -0.201. The molecule has 0 aliphatic heterocycles. The second-order valence-corrected chi connectivity index (χ2v) is 7.10. The van der Waals surface area contributed by atoms with Crippen molar-refractivity contribution in [2.75, 3.05) is 11.9 Å². The number of aromatic nitrogens is 1. The summed E-state index contributed by atoms with van der Waals surface area (Å²) >= 11 is 0. The topological polar surface area (TPSA) is 51.2 Å². The summed E-state index contributed by atoms with van der Waals surface area (Å²) in [6.45, 7) is 3.96. The van der Waals surface area contributed by atoms with Crippen molar-refractivity contribution in [3.05, 3.63) is 90.0 Å². The normalized spacial score (nSPS) is 10.7. The van der Waals surface area contributed by atoms with Gasteiger partial charge in [-0.1, -0.05) is 59.7 Å². The quantitative estimate of drug-likeness (QED) is 0.493. The van der Waals surface area contributed by atoms with Crippen LogP contribution in [0, 0.1) is 13.8 Å². The number of nitrogens with one attached hydrogen (secondary N) is 1. The molecule has 0 bridgehead atoms. The molecule has 0 fully saturated rings. The van der Waals surface area contributed by atoms with Crippen LogP contribution in [0.1, 0.15) is 11.1 Å². The monoisotopic (exact) mass is 382 g/mol. The molecule has 29 heavy (non-hydrogen) atoms. The number of carbonyl (C=O) groups is 1. The van der Waals surface area contributed by atoms with Crippen LogP contribution in [0.5, 0.6) is 5.75 Å². The third kappa shape index (κ3) is 4.43. The number of hydrogen-bond donors (Lipinski definition) is 1. The molecule has 4 aromatic rings. The van der Waals surface area contributed by atoms with Crippen LogP contribution in [0.15, 0.2) is 78.9 Å². The first-order chi connectivity index (χ1) is 14.1. The van der Waals surface area contributed by atoms with Crippen molar-refractivity contribution in [3.8, 4) is 17.0 Å². The van der Waals surface area contributed by atoms with E-state index in [0.717, 1.165) is 39.0 Å². The summed E-state index contributed by atoms with van der Waals surface area (Å²) in [5, 5.41) is 3.76. The number of carbonyl (C=O) groups excluding carboxylic acids is 1. The number of benzene rings is 3. The van der Waals surface area contributed by atoms with E-state index in [9.17, 15) is 4.79 Å². The van der Waals surface area contributed by atoms with E-state index in [2.05, 4.69) is 5.32 Å². The summed E-state index contributed by atoms with van der Waals surface area (Å²) in [5.74, 6) is 0.448. The van der Waals surface area contributed by atoms with Gasteiger partial charge in [0.05, 0.1) is 11.2 Å². The highest BCUT2D eigenvalue weighted by molar-refractivity contribution is 5.93. The Labute approximate surface area is 170 Å². The van der Waals surface area contributed by atoms with Crippen LogP contribution in [-0.2, 0) is 4.79 Å². The third-order valence-electron chi connectivity index (χ3n) is 4.69. The molecule has 4 nitrogen and oxygen atoms in total. The smallest absolute Gasteiger partial charge is 0.262 e. The van der Waals surface area contributed by atoms with Gasteiger partial charge in [0, 0.05) is 22.7 Å². The average molecular weight is 382 g/mol. The highest BCUT2D eigenvalue weighted by atomic mass is 16.5. The zero-order valence-electron chi connectivity index (χ0n) is 16.5. The maximum absolute atomic E-state index is 12.4. The first-order valence-electron chi connectivity index (χ1n) is 9.55. The van der Waals surface area contributed by atoms with Gasteiger partial charge in [-0.25, -0.2) is 4.98 Å². The molecule has 1 heterocycles. The highest BCUT2D eigenvalue weighted by Gasteiger charge is 2.11. The molecule has 144 valence electrons. The lowest BCUT2D eigenvalue weighted by atomic mass is 10.1. The number of hydrogen-bond acceptors (Lipinski definition) is 3. The van der Waals surface area contributed by atoms with Gasteiger partial charge in [-0.2, -0.15) is 0 Å². The summed E-state index contributed by atoms with van der Waals surface area (Å²) in [6.07, 6.45) is 0. The van der Waals surface area contributed by atoms with E-state index in [1.54, 1.807) is 0 Å². The summed E-state index contributed by atoms with van der Waals surface area (Å²) < 4.78 is 5.94. The Morgan fingerprint density at radius 2 is 1.62 bits per heavy atom. The highest BCUT2D eigenvalue weighted by Crippen LogP contribution is 2.30. The number of fused-ring (bicyclic) bond motifs is 1. The van der Waals surface area contributed by atoms with E-state index in [-0.39, 0.29) is 12.5 Å². The molecule has 0 saturated carbocycles. The zero-order chi connectivity index (χ0) is 20.2. The number of pyridine rings is 1. The Morgan fingerprint density at radius 3 is 2.38 bits per heavy atom. The Hall–Kier alpha value is -3.66. The molecular weight excluding hydrogens is 360 g/mol. The van der Waals surface area contributed by atoms with E-state index in [1.807, 2.05) is 92.7 Å². The largest absolute Gasteiger partial charge is 0.483 e. The average Bonchev–Trinajstić information content (AvgIpc) is 2.74. The molecule has 0 spiro atoms. The van der Waals surface area contributed by atoms with Gasteiger partial charge in [0.2, 0.25) is 0 Å². The molecule has 0 aliphatic carbocycles. The Kier molecular flexibility index (Phi) is 5.25. The zero-order valence-corrected chi connectivity index (χ0v) is 16.5. The molecule has 0 atom stereocenters. The van der Waals surface area contributed by atoms with Gasteiger partial charge in [-0.3, -0.25) is 4.79 Å². The van der Waals surface area contributed by atoms with Crippen LogP contribution in [0.3, 0.4) is 0 Å². The van der Waals surface area contributed by atoms with Gasteiger partial charge in [-0.15, -0.1) is 0 Å². The van der Waals surface area contributed by atoms with E-state index >= 15 is 0 Å². The van der Waals surface area contributed by atoms with Crippen LogP contribution >= 0.6 is 0 Å². The summed E-state index contributed by atoms with van der Waals surface area (Å²) in [4.78, 5) is 17.1. The van der Waals surface area contributed by atoms with Gasteiger partial charge < -0.3 is 10.1 Å². The lowest BCUT2D eigenvalue weighted by molar-refractivity contribution is -0.118. The van der Waals surface area contributed by atoms with Crippen LogP contribution in [0.4, 0.5) is 5.69 Å². The number of rotatable bonds is 5. The minimum Gasteiger partial charge on any atom is -0.483 e. The molecule has 1 amide bonds. The maximum Gasteiger partial charge on any atom is 0.262 e. The van der Waals surface area contributed by atoms with Gasteiger partial charge in [-0.05, 0) is 38.1 Å². The van der Waals surface area contributed by atoms with Gasteiger partial charge >= 0.3 is 0 Å². The van der Waals surface area contributed by atoms with E-state index in [4.69, 9.17) is 9.72 Å². The maximum atomic E-state index is 12.4. The van der Waals surface area contributed by atoms with Gasteiger partial charge in [0.15, 0.2) is 6.61 Å². The SMILES string of the molecule is Cc1ccc(NC(=O)COc2cc(-c3ccccc3)nc3ccc(C)cc23)cc1. The number of anilines is 1. The summed E-state index contributed by atoms with van der Waals surface area (Å²) in [7, 11) is 0. The first-order valence-corrected chi connectivity index (χ1v) is 9.55. The lowest BCUT2D eigenvalue weighted by Gasteiger charge is -2.12. The predicted molar refractivity (Wildman–Crippen MR) is 117 cm³/mol. The molecular formula is C25H22N2O2. The van der Waals surface area contributed by atoms with Crippen molar-refractivity contribution >= 4 is 22.5 Å². The van der Waals surface area contributed by atoms with E-state index in [0.29, 0.717) is 5.75 Å². The van der Waals surface area contributed by atoms with E-state index < -0.39 is 0 Å². The van der Waals surface area contributed by atoms with Crippen molar-refractivity contribution in [1.29, 1.82) is 0 Å². The molecule has 4 rings (SSSR count). The lowest BCUT2D eigenvalue weighted by Crippen LogP contribution is -2.20. The summed E-state index contributed by atoms with van der Waals surface area (Å²) in [5.41, 5.74) is 5.67. The van der Waals surface area contributed by atoms with Crippen LogP contribution in [-0.4, -0.2) is 17.5 Å². The van der Waals surface area contributed by atoms with Gasteiger partial charge in [0.1, 0.15) is 5.75 Å². The van der Waals surface area contributed by atoms with E-state index in [1.165, 1.54) is 0 Å². The Morgan fingerprint density at radius 1 is 0.897 bits per heavy atom. The van der Waals surface area contributed by atoms with Crippen molar-refractivity contribution in [2.24, 2.45) is 0 Å². The second kappa shape index (κ2) is 8.15. The molecule has 1 N–H and O–H groups in total. The second-order valence-electron chi connectivity index (χ2n) is 7.10. The Bertz CT molecular complexity index is 1150.